The monoisotopic (exact) mass is 267 g/mol. The second kappa shape index (κ2) is 5.77. The second-order valence-corrected chi connectivity index (χ2v) is 4.29. The number of nitrogens with two attached hydrogens (primary N) is 1. The summed E-state index contributed by atoms with van der Waals surface area (Å²) in [5, 5.41) is 0. The summed E-state index contributed by atoms with van der Waals surface area (Å²) >= 11 is 0. The predicted octanol–water partition coefficient (Wildman–Crippen LogP) is 1.37. The topological polar surface area (TPSA) is 60.1 Å². The molecule has 0 aromatic heterocycles. The van der Waals surface area contributed by atoms with E-state index >= 15 is 0 Å². The van der Waals surface area contributed by atoms with E-state index in [0.29, 0.717) is 13.2 Å². The Hall–Kier alpha value is -1.98. The van der Waals surface area contributed by atoms with Crippen molar-refractivity contribution in [2.45, 2.75) is 13.0 Å². The van der Waals surface area contributed by atoms with Crippen LogP contribution in [0.25, 0.3) is 0 Å². The summed E-state index contributed by atoms with van der Waals surface area (Å²) in [6.07, 6.45) is 0. The zero-order valence-corrected chi connectivity index (χ0v) is 11.1. The molecule has 1 unspecified atom stereocenters. The smallest absolute Gasteiger partial charge is 0.282 e. The van der Waals surface area contributed by atoms with Gasteiger partial charge in [0.1, 0.15) is 12.6 Å². The van der Waals surface area contributed by atoms with E-state index in [4.69, 9.17) is 15.2 Å². The van der Waals surface area contributed by atoms with E-state index in [1.165, 1.54) is 13.2 Å². The highest BCUT2D eigenvalue weighted by Gasteiger charge is 2.20. The van der Waals surface area contributed by atoms with Crippen LogP contribution in [-0.4, -0.2) is 38.9 Å². The van der Waals surface area contributed by atoms with Gasteiger partial charge in [0.25, 0.3) is 6.02 Å². The lowest BCUT2D eigenvalue weighted by atomic mass is 10.2. The van der Waals surface area contributed by atoms with Gasteiger partial charge in [0.15, 0.2) is 11.6 Å². The van der Waals surface area contributed by atoms with Crippen LogP contribution >= 0.6 is 0 Å². The molecule has 0 saturated heterocycles. The maximum absolute atomic E-state index is 13.4. The molecule has 0 aliphatic carbocycles. The van der Waals surface area contributed by atoms with Gasteiger partial charge in [0, 0.05) is 24.8 Å². The molecule has 19 heavy (non-hydrogen) atoms. The van der Waals surface area contributed by atoms with Gasteiger partial charge >= 0.3 is 0 Å². The first-order valence-corrected chi connectivity index (χ1v) is 6.18. The summed E-state index contributed by atoms with van der Waals surface area (Å²) in [6, 6.07) is 5.06. The molecule has 0 amide bonds. The van der Waals surface area contributed by atoms with Gasteiger partial charge in [0.2, 0.25) is 0 Å². The van der Waals surface area contributed by atoms with E-state index in [2.05, 4.69) is 9.89 Å². The molecule has 1 atom stereocenters. The third-order valence-corrected chi connectivity index (χ3v) is 3.05. The molecule has 0 bridgehead atoms. The third-order valence-electron chi connectivity index (χ3n) is 3.05. The Kier molecular flexibility index (Phi) is 4.09. The average Bonchev–Trinajstić information content (AvgIpc) is 2.82. The van der Waals surface area contributed by atoms with Gasteiger partial charge in [-0.1, -0.05) is 0 Å². The van der Waals surface area contributed by atoms with Crippen molar-refractivity contribution in [3.05, 3.63) is 24.0 Å². The number of methoxy groups -OCH3 is 1. The highest BCUT2D eigenvalue weighted by Crippen LogP contribution is 2.25. The maximum Gasteiger partial charge on any atom is 0.282 e. The summed E-state index contributed by atoms with van der Waals surface area (Å²) in [4.78, 5) is 6.27. The number of benzene rings is 1. The number of likely N-dealkylation sites (N-methyl/N-ethyl adjacent to an activating group) is 1. The van der Waals surface area contributed by atoms with Gasteiger partial charge < -0.3 is 20.1 Å². The lowest BCUT2D eigenvalue weighted by Crippen LogP contribution is -2.32. The minimum Gasteiger partial charge on any atom is -0.494 e. The molecule has 0 fully saturated rings. The Bertz CT molecular complexity index is 479. The SMILES string of the molecule is CCN(CC1COC(N)=N1)c1ccc(F)c(OC)c1. The molecule has 104 valence electrons. The fraction of sp³-hybridized carbons (Fsp3) is 0.462. The van der Waals surface area contributed by atoms with E-state index in [-0.39, 0.29) is 23.6 Å². The van der Waals surface area contributed by atoms with Crippen molar-refractivity contribution in [3.63, 3.8) is 0 Å². The summed E-state index contributed by atoms with van der Waals surface area (Å²) in [6.45, 7) is 3.96. The summed E-state index contributed by atoms with van der Waals surface area (Å²) in [5.41, 5.74) is 6.38. The van der Waals surface area contributed by atoms with Crippen LogP contribution in [0.2, 0.25) is 0 Å². The van der Waals surface area contributed by atoms with Crippen LogP contribution in [0.15, 0.2) is 23.2 Å². The first-order chi connectivity index (χ1) is 9.13. The molecule has 1 aliphatic rings. The van der Waals surface area contributed by atoms with E-state index in [1.54, 1.807) is 12.1 Å². The Labute approximate surface area is 111 Å². The van der Waals surface area contributed by atoms with E-state index in [1.807, 2.05) is 6.92 Å². The Morgan fingerprint density at radius 2 is 2.37 bits per heavy atom. The predicted molar refractivity (Wildman–Crippen MR) is 72.2 cm³/mol. The minimum atomic E-state index is -0.367. The molecule has 1 aromatic carbocycles. The number of aliphatic imine (C=N–C) groups is 1. The normalized spacial score (nSPS) is 17.8. The minimum absolute atomic E-state index is 0.0102. The zero-order valence-electron chi connectivity index (χ0n) is 11.1. The molecule has 5 nitrogen and oxygen atoms in total. The number of anilines is 1. The van der Waals surface area contributed by atoms with Crippen molar-refractivity contribution in [1.29, 1.82) is 0 Å². The van der Waals surface area contributed by atoms with Crippen LogP contribution in [0.1, 0.15) is 6.92 Å². The molecular formula is C13H18FN3O2. The molecule has 6 heteroatoms. The molecule has 1 aromatic rings. The number of hydrogen-bond donors (Lipinski definition) is 1. The standard InChI is InChI=1S/C13H18FN3O2/c1-3-17(7-9-8-19-13(15)16-9)10-4-5-11(14)12(6-10)18-2/h4-6,9H,3,7-8H2,1-2H3,(H2,15,16). The largest absolute Gasteiger partial charge is 0.494 e. The van der Waals surface area contributed by atoms with Crippen molar-refractivity contribution >= 4 is 11.7 Å². The fourth-order valence-electron chi connectivity index (χ4n) is 2.05. The van der Waals surface area contributed by atoms with Gasteiger partial charge in [-0.05, 0) is 19.1 Å². The average molecular weight is 267 g/mol. The summed E-state index contributed by atoms with van der Waals surface area (Å²) < 4.78 is 23.5. The van der Waals surface area contributed by atoms with E-state index < -0.39 is 0 Å². The maximum atomic E-state index is 13.4. The van der Waals surface area contributed by atoms with Gasteiger partial charge in [-0.3, -0.25) is 0 Å². The quantitative estimate of drug-likeness (QED) is 0.875. The highest BCUT2D eigenvalue weighted by atomic mass is 19.1. The fourth-order valence-corrected chi connectivity index (χ4v) is 2.05. The van der Waals surface area contributed by atoms with Crippen LogP contribution in [-0.2, 0) is 4.74 Å². The number of rotatable bonds is 5. The molecule has 0 spiro atoms. The summed E-state index contributed by atoms with van der Waals surface area (Å²) in [5.74, 6) is -0.129. The van der Waals surface area contributed by atoms with Crippen LogP contribution in [0, 0.1) is 5.82 Å². The molecule has 1 aliphatic heterocycles. The van der Waals surface area contributed by atoms with Gasteiger partial charge in [-0.25, -0.2) is 9.38 Å². The van der Waals surface area contributed by atoms with Crippen molar-refractivity contribution < 1.29 is 13.9 Å². The van der Waals surface area contributed by atoms with Crippen molar-refractivity contribution in [2.24, 2.45) is 10.7 Å². The first-order valence-electron chi connectivity index (χ1n) is 6.18. The number of hydrogen-bond acceptors (Lipinski definition) is 5. The first kappa shape index (κ1) is 13.5. The second-order valence-electron chi connectivity index (χ2n) is 4.29. The molecule has 0 saturated carbocycles. The zero-order chi connectivity index (χ0) is 13.8. The molecule has 2 rings (SSSR count). The van der Waals surface area contributed by atoms with Crippen molar-refractivity contribution in [2.75, 3.05) is 31.7 Å². The van der Waals surface area contributed by atoms with Crippen molar-refractivity contribution in [3.8, 4) is 5.75 Å². The summed E-state index contributed by atoms with van der Waals surface area (Å²) in [7, 11) is 1.45. The Balaban J connectivity index is 2.13. The van der Waals surface area contributed by atoms with Crippen LogP contribution in [0.4, 0.5) is 10.1 Å². The molecule has 2 N–H and O–H groups in total. The Morgan fingerprint density at radius 3 is 2.95 bits per heavy atom. The number of halogens is 1. The number of ether oxygens (including phenoxy) is 2. The third kappa shape index (κ3) is 3.07. The lowest BCUT2D eigenvalue weighted by Gasteiger charge is -2.25. The van der Waals surface area contributed by atoms with Gasteiger partial charge in [-0.15, -0.1) is 0 Å². The Morgan fingerprint density at radius 1 is 1.58 bits per heavy atom. The number of nitrogens with zero attached hydrogens (tertiary/aromatic N) is 2. The van der Waals surface area contributed by atoms with Crippen LogP contribution < -0.4 is 15.4 Å². The van der Waals surface area contributed by atoms with Crippen LogP contribution in [0.3, 0.4) is 0 Å². The lowest BCUT2D eigenvalue weighted by molar-refractivity contribution is 0.313. The van der Waals surface area contributed by atoms with E-state index in [9.17, 15) is 4.39 Å². The molecule has 1 heterocycles. The van der Waals surface area contributed by atoms with E-state index in [0.717, 1.165) is 12.2 Å². The van der Waals surface area contributed by atoms with Gasteiger partial charge in [0.05, 0.1) is 7.11 Å². The highest BCUT2D eigenvalue weighted by molar-refractivity contribution is 5.73. The number of amidine groups is 1. The molecular weight excluding hydrogens is 249 g/mol. The van der Waals surface area contributed by atoms with Gasteiger partial charge in [-0.2, -0.15) is 0 Å². The van der Waals surface area contributed by atoms with Crippen LogP contribution in [0.5, 0.6) is 5.75 Å². The molecule has 0 radical (unpaired) electrons. The van der Waals surface area contributed by atoms with Crippen molar-refractivity contribution in [1.82, 2.24) is 0 Å².